The Kier molecular flexibility index (Phi) is 5.05. The summed E-state index contributed by atoms with van der Waals surface area (Å²) in [7, 11) is 1.71. The number of aryl methyl sites for hydroxylation is 1. The summed E-state index contributed by atoms with van der Waals surface area (Å²) in [5, 5.41) is 3.34. The second-order valence-corrected chi connectivity index (χ2v) is 4.38. The van der Waals surface area contributed by atoms with Crippen LogP contribution in [0.15, 0.2) is 16.7 Å². The Bertz CT molecular complexity index is 317. The lowest BCUT2D eigenvalue weighted by Crippen LogP contribution is -2.24. The standard InChI is InChI=1S/C11H17BrN2O/c1-4-9(7-15-3)14-11-5-8(2)10(12)6-13-11/h5-6,9H,4,7H2,1-3H3,(H,13,14). The van der Waals surface area contributed by atoms with Crippen molar-refractivity contribution in [1.29, 1.82) is 0 Å². The molecule has 15 heavy (non-hydrogen) atoms. The van der Waals surface area contributed by atoms with Crippen molar-refractivity contribution in [2.75, 3.05) is 19.0 Å². The van der Waals surface area contributed by atoms with E-state index in [9.17, 15) is 0 Å². The van der Waals surface area contributed by atoms with Crippen molar-refractivity contribution in [3.8, 4) is 0 Å². The molecule has 0 radical (unpaired) electrons. The molecule has 0 aliphatic heterocycles. The number of ether oxygens (including phenoxy) is 1. The third kappa shape index (κ3) is 3.80. The van der Waals surface area contributed by atoms with Crippen LogP contribution in [0, 0.1) is 6.92 Å². The smallest absolute Gasteiger partial charge is 0.126 e. The van der Waals surface area contributed by atoms with E-state index < -0.39 is 0 Å². The Morgan fingerprint density at radius 1 is 1.60 bits per heavy atom. The first-order valence-corrected chi connectivity index (χ1v) is 5.84. The monoisotopic (exact) mass is 272 g/mol. The molecule has 1 aromatic rings. The second-order valence-electron chi connectivity index (χ2n) is 3.52. The number of nitrogens with one attached hydrogen (secondary N) is 1. The molecule has 1 atom stereocenters. The first kappa shape index (κ1) is 12.5. The third-order valence-corrected chi connectivity index (χ3v) is 3.09. The van der Waals surface area contributed by atoms with Crippen LogP contribution < -0.4 is 5.32 Å². The Morgan fingerprint density at radius 3 is 2.87 bits per heavy atom. The van der Waals surface area contributed by atoms with Gasteiger partial charge in [-0.15, -0.1) is 0 Å². The van der Waals surface area contributed by atoms with E-state index in [-0.39, 0.29) is 0 Å². The average molecular weight is 273 g/mol. The van der Waals surface area contributed by atoms with Gasteiger partial charge in [0.05, 0.1) is 12.6 Å². The van der Waals surface area contributed by atoms with Crippen molar-refractivity contribution in [3.05, 3.63) is 22.3 Å². The molecule has 0 aliphatic carbocycles. The number of rotatable bonds is 5. The largest absolute Gasteiger partial charge is 0.383 e. The van der Waals surface area contributed by atoms with E-state index in [1.807, 2.05) is 19.2 Å². The van der Waals surface area contributed by atoms with Crippen LogP contribution in [0.25, 0.3) is 0 Å². The van der Waals surface area contributed by atoms with Gasteiger partial charge in [-0.1, -0.05) is 6.92 Å². The zero-order chi connectivity index (χ0) is 11.3. The molecular formula is C11H17BrN2O. The number of aromatic nitrogens is 1. The highest BCUT2D eigenvalue weighted by Gasteiger charge is 2.06. The maximum atomic E-state index is 5.12. The van der Waals surface area contributed by atoms with Crippen molar-refractivity contribution < 1.29 is 4.74 Å². The van der Waals surface area contributed by atoms with E-state index in [1.54, 1.807) is 7.11 Å². The summed E-state index contributed by atoms with van der Waals surface area (Å²) in [6.45, 7) is 4.88. The van der Waals surface area contributed by atoms with Crippen LogP contribution in [-0.2, 0) is 4.74 Å². The van der Waals surface area contributed by atoms with Crippen molar-refractivity contribution in [1.82, 2.24) is 4.98 Å². The quantitative estimate of drug-likeness (QED) is 0.895. The Labute approximate surface area is 99.4 Å². The van der Waals surface area contributed by atoms with E-state index in [0.29, 0.717) is 12.6 Å². The van der Waals surface area contributed by atoms with Crippen molar-refractivity contribution in [3.63, 3.8) is 0 Å². The third-order valence-electron chi connectivity index (χ3n) is 2.26. The summed E-state index contributed by atoms with van der Waals surface area (Å²) in [5.41, 5.74) is 1.18. The minimum absolute atomic E-state index is 0.322. The molecule has 1 heterocycles. The van der Waals surface area contributed by atoms with E-state index in [0.717, 1.165) is 16.7 Å². The molecule has 1 N–H and O–H groups in total. The van der Waals surface area contributed by atoms with Crippen LogP contribution in [-0.4, -0.2) is 24.7 Å². The number of pyridine rings is 1. The maximum Gasteiger partial charge on any atom is 0.126 e. The number of nitrogens with zero attached hydrogens (tertiary/aromatic N) is 1. The molecule has 0 aromatic carbocycles. The average Bonchev–Trinajstić information content (AvgIpc) is 2.23. The molecule has 0 aliphatic rings. The minimum Gasteiger partial charge on any atom is -0.383 e. The van der Waals surface area contributed by atoms with Crippen LogP contribution in [0.4, 0.5) is 5.82 Å². The fourth-order valence-electron chi connectivity index (χ4n) is 1.29. The molecule has 1 aromatic heterocycles. The van der Waals surface area contributed by atoms with Gasteiger partial charge in [-0.2, -0.15) is 0 Å². The summed E-state index contributed by atoms with van der Waals surface area (Å²) in [6.07, 6.45) is 2.84. The van der Waals surface area contributed by atoms with Crippen LogP contribution in [0.5, 0.6) is 0 Å². The Morgan fingerprint density at radius 2 is 2.33 bits per heavy atom. The predicted octanol–water partition coefficient (Wildman–Crippen LogP) is 2.99. The highest BCUT2D eigenvalue weighted by molar-refractivity contribution is 9.10. The van der Waals surface area contributed by atoms with E-state index >= 15 is 0 Å². The maximum absolute atomic E-state index is 5.12. The van der Waals surface area contributed by atoms with Gasteiger partial charge in [0, 0.05) is 17.8 Å². The highest BCUT2D eigenvalue weighted by Crippen LogP contribution is 2.17. The van der Waals surface area contributed by atoms with Gasteiger partial charge in [0.15, 0.2) is 0 Å². The topological polar surface area (TPSA) is 34.1 Å². The first-order valence-electron chi connectivity index (χ1n) is 5.05. The SMILES string of the molecule is CCC(COC)Nc1cc(C)c(Br)cn1. The predicted molar refractivity (Wildman–Crippen MR) is 66.3 cm³/mol. The first-order chi connectivity index (χ1) is 7.17. The van der Waals surface area contributed by atoms with Crippen LogP contribution >= 0.6 is 15.9 Å². The molecule has 0 saturated carbocycles. The summed E-state index contributed by atoms with van der Waals surface area (Å²) in [4.78, 5) is 4.30. The normalized spacial score (nSPS) is 12.5. The van der Waals surface area contributed by atoms with E-state index in [4.69, 9.17) is 4.74 Å². The van der Waals surface area contributed by atoms with Crippen molar-refractivity contribution >= 4 is 21.7 Å². The van der Waals surface area contributed by atoms with Gasteiger partial charge in [-0.3, -0.25) is 0 Å². The van der Waals surface area contributed by atoms with Gasteiger partial charge < -0.3 is 10.1 Å². The molecule has 0 amide bonds. The van der Waals surface area contributed by atoms with Crippen molar-refractivity contribution in [2.24, 2.45) is 0 Å². The van der Waals surface area contributed by atoms with Crippen LogP contribution in [0.1, 0.15) is 18.9 Å². The lowest BCUT2D eigenvalue weighted by Gasteiger charge is -2.16. The molecule has 0 bridgehead atoms. The summed E-state index contributed by atoms with van der Waals surface area (Å²) >= 11 is 3.43. The molecule has 3 nitrogen and oxygen atoms in total. The minimum atomic E-state index is 0.322. The van der Waals surface area contributed by atoms with E-state index in [1.165, 1.54) is 5.56 Å². The van der Waals surface area contributed by atoms with Gasteiger partial charge in [-0.25, -0.2) is 4.98 Å². The summed E-state index contributed by atoms with van der Waals surface area (Å²) < 4.78 is 6.16. The Balaban J connectivity index is 2.66. The molecule has 0 fully saturated rings. The number of hydrogen-bond acceptors (Lipinski definition) is 3. The molecule has 4 heteroatoms. The van der Waals surface area contributed by atoms with Crippen molar-refractivity contribution in [2.45, 2.75) is 26.3 Å². The molecule has 1 unspecified atom stereocenters. The van der Waals surface area contributed by atoms with Gasteiger partial charge in [0.25, 0.3) is 0 Å². The van der Waals surface area contributed by atoms with Crippen LogP contribution in [0.3, 0.4) is 0 Å². The van der Waals surface area contributed by atoms with Gasteiger partial charge in [0.1, 0.15) is 5.82 Å². The summed E-state index contributed by atoms with van der Waals surface area (Å²) in [5.74, 6) is 0.902. The second kappa shape index (κ2) is 6.08. The number of methoxy groups -OCH3 is 1. The van der Waals surface area contributed by atoms with E-state index in [2.05, 4.69) is 33.2 Å². The van der Waals surface area contributed by atoms with Gasteiger partial charge in [-0.05, 0) is 40.9 Å². The zero-order valence-electron chi connectivity index (χ0n) is 9.38. The van der Waals surface area contributed by atoms with Gasteiger partial charge in [0.2, 0.25) is 0 Å². The fourth-order valence-corrected chi connectivity index (χ4v) is 1.51. The molecule has 0 saturated heterocycles. The summed E-state index contributed by atoms with van der Waals surface area (Å²) in [6, 6.07) is 2.35. The number of halogens is 1. The number of anilines is 1. The zero-order valence-corrected chi connectivity index (χ0v) is 11.0. The highest BCUT2D eigenvalue weighted by atomic mass is 79.9. The molecule has 0 spiro atoms. The molecular weight excluding hydrogens is 256 g/mol. The lowest BCUT2D eigenvalue weighted by atomic mass is 10.2. The van der Waals surface area contributed by atoms with Crippen LogP contribution in [0.2, 0.25) is 0 Å². The fraction of sp³-hybridized carbons (Fsp3) is 0.545. The van der Waals surface area contributed by atoms with Gasteiger partial charge >= 0.3 is 0 Å². The number of hydrogen-bond donors (Lipinski definition) is 1. The lowest BCUT2D eigenvalue weighted by molar-refractivity contribution is 0.184. The Hall–Kier alpha value is -0.610. The molecule has 1 rings (SSSR count). The molecule has 84 valence electrons.